The lowest BCUT2D eigenvalue weighted by atomic mass is 9.83. The fraction of sp³-hybridized carbons (Fsp3) is 0.500. The fourth-order valence-electron chi connectivity index (χ4n) is 4.27. The maximum atomic E-state index is 13.6. The Morgan fingerprint density at radius 3 is 2.21 bits per heavy atom. The van der Waals surface area contributed by atoms with Gasteiger partial charge in [0.2, 0.25) is 5.91 Å². The molecule has 186 valence electrons. The molecular weight excluding hydrogens is 437 g/mol. The third-order valence-electron chi connectivity index (χ3n) is 5.88. The van der Waals surface area contributed by atoms with E-state index in [9.17, 15) is 23.7 Å². The number of hydrogen-bond acceptors (Lipinski definition) is 4. The minimum Gasteiger partial charge on any atom is -0.437 e. The summed E-state index contributed by atoms with van der Waals surface area (Å²) in [6.45, 7) is 7.74. The van der Waals surface area contributed by atoms with Crippen LogP contribution >= 0.6 is 0 Å². The van der Waals surface area contributed by atoms with E-state index >= 15 is 0 Å². The number of aliphatic hydroxyl groups excluding tert-OH is 1. The molecule has 1 amide bonds. The van der Waals surface area contributed by atoms with E-state index in [1.807, 2.05) is 6.07 Å². The Morgan fingerprint density at radius 1 is 1.03 bits per heavy atom. The SMILES string of the molecule is CCCc1ccc(CN(C[C@@H](O)[C@H](Cc2cc(F)cc(F)c2)NC(C)=O)B(C)O)cc1CCC. The molecule has 0 aliphatic carbocycles. The van der Waals surface area contributed by atoms with Crippen LogP contribution in [0.25, 0.3) is 0 Å². The van der Waals surface area contributed by atoms with Crippen LogP contribution in [0.1, 0.15) is 55.9 Å². The molecule has 2 atom stereocenters. The van der Waals surface area contributed by atoms with E-state index in [2.05, 4.69) is 31.3 Å². The molecule has 2 rings (SSSR count). The lowest BCUT2D eigenvalue weighted by Crippen LogP contribution is -2.51. The third-order valence-corrected chi connectivity index (χ3v) is 5.88. The van der Waals surface area contributed by atoms with Crippen molar-refractivity contribution in [1.29, 1.82) is 0 Å². The molecule has 0 aliphatic rings. The molecular formula is C26H37BF2N2O3. The van der Waals surface area contributed by atoms with Gasteiger partial charge in [-0.2, -0.15) is 0 Å². The number of aliphatic hydroxyl groups is 1. The Balaban J connectivity index is 2.19. The number of carbonyl (C=O) groups is 1. The minimum atomic E-state index is -1.07. The Hall–Kier alpha value is -2.29. The van der Waals surface area contributed by atoms with Crippen LogP contribution in [0.15, 0.2) is 36.4 Å². The quantitative estimate of drug-likeness (QED) is 0.386. The third kappa shape index (κ3) is 8.82. The summed E-state index contributed by atoms with van der Waals surface area (Å²) in [5, 5.41) is 24.0. The van der Waals surface area contributed by atoms with Crippen LogP contribution < -0.4 is 5.32 Å². The highest BCUT2D eigenvalue weighted by molar-refractivity contribution is 6.45. The molecule has 3 N–H and O–H groups in total. The normalized spacial score (nSPS) is 13.1. The first-order chi connectivity index (χ1) is 16.1. The van der Waals surface area contributed by atoms with Crippen molar-refractivity contribution in [1.82, 2.24) is 10.1 Å². The van der Waals surface area contributed by atoms with Crippen LogP contribution in [0.3, 0.4) is 0 Å². The monoisotopic (exact) mass is 474 g/mol. The average molecular weight is 474 g/mol. The van der Waals surface area contributed by atoms with Gasteiger partial charge in [0.05, 0.1) is 12.1 Å². The van der Waals surface area contributed by atoms with Crippen LogP contribution in [-0.4, -0.2) is 46.6 Å². The van der Waals surface area contributed by atoms with Crippen LogP contribution in [0.5, 0.6) is 0 Å². The molecule has 2 aromatic carbocycles. The second-order valence-electron chi connectivity index (χ2n) is 9.02. The molecule has 8 heteroatoms. The predicted octanol–water partition coefficient (Wildman–Crippen LogP) is 3.89. The van der Waals surface area contributed by atoms with E-state index in [0.29, 0.717) is 12.1 Å². The van der Waals surface area contributed by atoms with Gasteiger partial charge < -0.3 is 20.3 Å². The van der Waals surface area contributed by atoms with Crippen LogP contribution in [0, 0.1) is 11.6 Å². The number of aryl methyl sites for hydroxylation is 2. The van der Waals surface area contributed by atoms with Gasteiger partial charge in [-0.1, -0.05) is 44.9 Å². The number of nitrogens with zero attached hydrogens (tertiary/aromatic N) is 1. The van der Waals surface area contributed by atoms with Crippen LogP contribution in [0.4, 0.5) is 8.78 Å². The number of hydrogen-bond donors (Lipinski definition) is 3. The van der Waals surface area contributed by atoms with Crippen molar-refractivity contribution in [3.63, 3.8) is 0 Å². The van der Waals surface area contributed by atoms with E-state index in [-0.39, 0.29) is 18.9 Å². The van der Waals surface area contributed by atoms with Gasteiger partial charge in [0.1, 0.15) is 11.6 Å². The standard InChI is InChI=1S/C26H37BF2N2O3/c1-5-7-21-10-9-19(11-22(21)8-6-2)16-31(27(4)34)17-26(33)25(30-18(3)32)14-20-12-23(28)15-24(29)13-20/h9-13,15,25-26,33-34H,5-8,14,16-17H2,1-4H3,(H,30,32)/t25-,26+/m0/s1. The largest absolute Gasteiger partial charge is 0.437 e. The predicted molar refractivity (Wildman–Crippen MR) is 132 cm³/mol. The van der Waals surface area contributed by atoms with Crippen molar-refractivity contribution in [2.45, 2.75) is 78.4 Å². The van der Waals surface area contributed by atoms with Gasteiger partial charge in [-0.15, -0.1) is 0 Å². The molecule has 0 aromatic heterocycles. The lowest BCUT2D eigenvalue weighted by molar-refractivity contribution is -0.120. The maximum absolute atomic E-state index is 13.6. The first-order valence-corrected chi connectivity index (χ1v) is 12.1. The number of amides is 1. The van der Waals surface area contributed by atoms with Gasteiger partial charge in [0.15, 0.2) is 0 Å². The number of benzene rings is 2. The average Bonchev–Trinajstić information content (AvgIpc) is 2.73. The topological polar surface area (TPSA) is 72.8 Å². The highest BCUT2D eigenvalue weighted by Crippen LogP contribution is 2.19. The number of carbonyl (C=O) groups excluding carboxylic acids is 1. The first-order valence-electron chi connectivity index (χ1n) is 12.1. The van der Waals surface area contributed by atoms with Gasteiger partial charge in [0.25, 0.3) is 0 Å². The lowest BCUT2D eigenvalue weighted by Gasteiger charge is -2.31. The Kier molecular flexibility index (Phi) is 11.2. The molecule has 0 spiro atoms. The number of halogens is 2. The number of nitrogens with one attached hydrogen (secondary N) is 1. The molecule has 2 aromatic rings. The molecule has 0 bridgehead atoms. The summed E-state index contributed by atoms with van der Waals surface area (Å²) in [7, 11) is -0.843. The summed E-state index contributed by atoms with van der Waals surface area (Å²) in [4.78, 5) is 13.5. The van der Waals surface area contributed by atoms with E-state index in [4.69, 9.17) is 0 Å². The van der Waals surface area contributed by atoms with Gasteiger partial charge in [0, 0.05) is 26.1 Å². The summed E-state index contributed by atoms with van der Waals surface area (Å²) in [6.07, 6.45) is 3.09. The highest BCUT2D eigenvalue weighted by Gasteiger charge is 2.27. The summed E-state index contributed by atoms with van der Waals surface area (Å²) in [6, 6.07) is 8.72. The highest BCUT2D eigenvalue weighted by atomic mass is 19.1. The molecule has 0 heterocycles. The summed E-state index contributed by atoms with van der Waals surface area (Å²) in [5.74, 6) is -1.79. The van der Waals surface area contributed by atoms with Gasteiger partial charge in [-0.05, 0) is 60.5 Å². The zero-order chi connectivity index (χ0) is 25.3. The van der Waals surface area contributed by atoms with Gasteiger partial charge in [-0.3, -0.25) is 4.79 Å². The summed E-state index contributed by atoms with van der Waals surface area (Å²) in [5.41, 5.74) is 4.00. The smallest absolute Gasteiger partial charge is 0.376 e. The molecule has 0 saturated heterocycles. The Morgan fingerprint density at radius 2 is 1.65 bits per heavy atom. The fourth-order valence-corrected chi connectivity index (χ4v) is 4.27. The van der Waals surface area contributed by atoms with Crippen molar-refractivity contribution in [2.75, 3.05) is 6.54 Å². The molecule has 34 heavy (non-hydrogen) atoms. The molecule has 0 unspecified atom stereocenters. The zero-order valence-electron chi connectivity index (χ0n) is 20.7. The second kappa shape index (κ2) is 13.6. The molecule has 0 radical (unpaired) electrons. The zero-order valence-corrected chi connectivity index (χ0v) is 20.7. The van der Waals surface area contributed by atoms with Crippen LogP contribution in [-0.2, 0) is 30.6 Å². The Labute approximate surface area is 202 Å². The van der Waals surface area contributed by atoms with E-state index in [1.54, 1.807) is 11.6 Å². The minimum absolute atomic E-state index is 0.0510. The van der Waals surface area contributed by atoms with E-state index in [1.165, 1.54) is 30.2 Å². The van der Waals surface area contributed by atoms with Crippen molar-refractivity contribution in [3.8, 4) is 0 Å². The van der Waals surface area contributed by atoms with Crippen molar-refractivity contribution < 1.29 is 23.7 Å². The number of rotatable bonds is 13. The Bertz CT molecular complexity index is 922. The molecule has 0 saturated carbocycles. The van der Waals surface area contributed by atoms with E-state index < -0.39 is 30.8 Å². The summed E-state index contributed by atoms with van der Waals surface area (Å²) >= 11 is 0. The maximum Gasteiger partial charge on any atom is 0.376 e. The molecule has 5 nitrogen and oxygen atoms in total. The van der Waals surface area contributed by atoms with Crippen molar-refractivity contribution >= 4 is 13.0 Å². The first kappa shape index (κ1) is 28.0. The van der Waals surface area contributed by atoms with Gasteiger partial charge in [-0.25, -0.2) is 8.78 Å². The molecule has 0 fully saturated rings. The molecule has 0 aliphatic heterocycles. The van der Waals surface area contributed by atoms with Crippen molar-refractivity contribution in [2.24, 2.45) is 0 Å². The van der Waals surface area contributed by atoms with Crippen LogP contribution in [0.2, 0.25) is 6.82 Å². The second-order valence-corrected chi connectivity index (χ2v) is 9.02. The van der Waals surface area contributed by atoms with Crippen molar-refractivity contribution in [3.05, 3.63) is 70.3 Å². The summed E-state index contributed by atoms with van der Waals surface area (Å²) < 4.78 is 27.3. The van der Waals surface area contributed by atoms with E-state index in [0.717, 1.165) is 37.3 Å². The van der Waals surface area contributed by atoms with Gasteiger partial charge >= 0.3 is 7.05 Å².